The number of thioether (sulfide) groups is 1. The second-order valence-corrected chi connectivity index (χ2v) is 5.82. The van der Waals surface area contributed by atoms with Gasteiger partial charge in [0.05, 0.1) is 0 Å². The van der Waals surface area contributed by atoms with Gasteiger partial charge < -0.3 is 0 Å². The van der Waals surface area contributed by atoms with Crippen molar-refractivity contribution in [1.82, 2.24) is 0 Å². The van der Waals surface area contributed by atoms with E-state index in [9.17, 15) is 0 Å². The maximum Gasteiger partial charge on any atom is 0.00455 e. The Bertz CT molecular complexity index is 190. The molecule has 1 aromatic heterocycles. The van der Waals surface area contributed by atoms with Crippen LogP contribution >= 0.6 is 23.1 Å². The summed E-state index contributed by atoms with van der Waals surface area (Å²) in [6.45, 7) is 4.52. The number of hydrogen-bond donors (Lipinski definition) is 0. The predicted octanol–water partition coefficient (Wildman–Crippen LogP) is 3.82. The smallest absolute Gasteiger partial charge is 0.00455 e. The lowest BCUT2D eigenvalue weighted by Gasteiger charge is -2.02. The van der Waals surface area contributed by atoms with Gasteiger partial charge in [-0.1, -0.05) is 19.9 Å². The zero-order valence-electron chi connectivity index (χ0n) is 7.75. The van der Waals surface area contributed by atoms with Crippen molar-refractivity contribution in [2.75, 3.05) is 5.75 Å². The lowest BCUT2D eigenvalue weighted by Crippen LogP contribution is -1.91. The molecule has 0 bridgehead atoms. The molecular formula is C10H16S2. The number of hydrogen-bond acceptors (Lipinski definition) is 2. The maximum atomic E-state index is 2.26. The molecule has 0 aromatic carbocycles. The van der Waals surface area contributed by atoms with Crippen LogP contribution in [0.3, 0.4) is 0 Å². The van der Waals surface area contributed by atoms with Gasteiger partial charge in [0.1, 0.15) is 0 Å². The first kappa shape index (κ1) is 10.1. The van der Waals surface area contributed by atoms with Crippen LogP contribution in [0.25, 0.3) is 0 Å². The van der Waals surface area contributed by atoms with Crippen LogP contribution in [0.2, 0.25) is 0 Å². The van der Waals surface area contributed by atoms with Crippen molar-refractivity contribution < 1.29 is 0 Å². The topological polar surface area (TPSA) is 0 Å². The fourth-order valence-corrected chi connectivity index (χ4v) is 2.55. The molecule has 0 atom stereocenters. The number of aryl methyl sites for hydroxylation is 1. The van der Waals surface area contributed by atoms with Gasteiger partial charge in [-0.3, -0.25) is 0 Å². The summed E-state index contributed by atoms with van der Waals surface area (Å²) >= 11 is 3.93. The van der Waals surface area contributed by atoms with Crippen molar-refractivity contribution in [3.63, 3.8) is 0 Å². The minimum atomic E-state index is 0.785. The third-order valence-electron chi connectivity index (χ3n) is 1.60. The van der Waals surface area contributed by atoms with E-state index in [1.165, 1.54) is 23.5 Å². The summed E-state index contributed by atoms with van der Waals surface area (Å²) in [5, 5.41) is 2.94. The molecule has 0 unspecified atom stereocenters. The summed E-state index contributed by atoms with van der Waals surface area (Å²) in [4.78, 5) is 1.53. The summed E-state index contributed by atoms with van der Waals surface area (Å²) in [5.41, 5.74) is 0. The summed E-state index contributed by atoms with van der Waals surface area (Å²) in [6.07, 6.45) is 2.58. The van der Waals surface area contributed by atoms with Crippen molar-refractivity contribution in [2.45, 2.75) is 31.9 Å². The monoisotopic (exact) mass is 200 g/mol. The standard InChI is InChI=1S/C10H16S2/c1-9(2)11-7-3-5-10-6-4-8-12-10/h4,6,8-9H,3,5,7H2,1-2H3. The van der Waals surface area contributed by atoms with Gasteiger partial charge in [0.2, 0.25) is 0 Å². The molecule has 1 aromatic rings. The Hall–Kier alpha value is 0.0500. The molecule has 1 rings (SSSR count). The Morgan fingerprint density at radius 2 is 2.33 bits per heavy atom. The quantitative estimate of drug-likeness (QED) is 0.651. The van der Waals surface area contributed by atoms with Gasteiger partial charge in [0.15, 0.2) is 0 Å². The van der Waals surface area contributed by atoms with E-state index in [0.29, 0.717) is 0 Å². The van der Waals surface area contributed by atoms with E-state index in [4.69, 9.17) is 0 Å². The van der Waals surface area contributed by atoms with Crippen LogP contribution < -0.4 is 0 Å². The van der Waals surface area contributed by atoms with Gasteiger partial charge in [-0.25, -0.2) is 0 Å². The fraction of sp³-hybridized carbons (Fsp3) is 0.600. The van der Waals surface area contributed by atoms with Crippen molar-refractivity contribution in [2.24, 2.45) is 0 Å². The highest BCUT2D eigenvalue weighted by Gasteiger charge is 1.96. The van der Waals surface area contributed by atoms with Crippen molar-refractivity contribution in [3.05, 3.63) is 22.4 Å². The third kappa shape index (κ3) is 4.17. The molecule has 0 aliphatic rings. The molecule has 0 fully saturated rings. The van der Waals surface area contributed by atoms with Gasteiger partial charge in [-0.15, -0.1) is 11.3 Å². The largest absolute Gasteiger partial charge is 0.159 e. The molecular weight excluding hydrogens is 184 g/mol. The normalized spacial score (nSPS) is 10.9. The average molecular weight is 200 g/mol. The Balaban J connectivity index is 2.04. The van der Waals surface area contributed by atoms with Crippen LogP contribution in [-0.2, 0) is 6.42 Å². The number of thiophene rings is 1. The van der Waals surface area contributed by atoms with Crippen molar-refractivity contribution in [3.8, 4) is 0 Å². The predicted molar refractivity (Wildman–Crippen MR) is 60.2 cm³/mol. The molecule has 0 nitrogen and oxygen atoms in total. The molecule has 12 heavy (non-hydrogen) atoms. The van der Waals surface area contributed by atoms with E-state index in [2.05, 4.69) is 43.1 Å². The SMILES string of the molecule is CC(C)SCCCc1cccs1. The Labute approximate surface area is 83.4 Å². The third-order valence-corrected chi connectivity index (χ3v) is 3.73. The Morgan fingerprint density at radius 1 is 1.50 bits per heavy atom. The molecule has 0 N–H and O–H groups in total. The second kappa shape index (κ2) is 5.65. The zero-order valence-corrected chi connectivity index (χ0v) is 9.38. The summed E-state index contributed by atoms with van der Waals surface area (Å²) < 4.78 is 0. The lowest BCUT2D eigenvalue weighted by atomic mass is 10.3. The molecule has 0 aliphatic heterocycles. The van der Waals surface area contributed by atoms with Crippen molar-refractivity contribution in [1.29, 1.82) is 0 Å². The highest BCUT2D eigenvalue weighted by molar-refractivity contribution is 7.99. The van der Waals surface area contributed by atoms with Crippen LogP contribution in [0.4, 0.5) is 0 Å². The molecule has 0 amide bonds. The van der Waals surface area contributed by atoms with Gasteiger partial charge in [-0.05, 0) is 35.3 Å². The Kier molecular flexibility index (Phi) is 4.77. The highest BCUT2D eigenvalue weighted by Crippen LogP contribution is 2.15. The van der Waals surface area contributed by atoms with Crippen LogP contribution in [0.1, 0.15) is 25.1 Å². The fourth-order valence-electron chi connectivity index (χ4n) is 1.02. The number of rotatable bonds is 5. The lowest BCUT2D eigenvalue weighted by molar-refractivity contribution is 0.946. The summed E-state index contributed by atoms with van der Waals surface area (Å²) in [7, 11) is 0. The molecule has 0 saturated carbocycles. The van der Waals surface area contributed by atoms with E-state index >= 15 is 0 Å². The van der Waals surface area contributed by atoms with Crippen LogP contribution in [0, 0.1) is 0 Å². The van der Waals surface area contributed by atoms with E-state index in [1.807, 2.05) is 11.3 Å². The second-order valence-electron chi connectivity index (χ2n) is 3.10. The van der Waals surface area contributed by atoms with Gasteiger partial charge in [0, 0.05) is 4.88 Å². The molecule has 0 saturated heterocycles. The van der Waals surface area contributed by atoms with E-state index in [-0.39, 0.29) is 0 Å². The molecule has 0 aliphatic carbocycles. The van der Waals surface area contributed by atoms with Crippen LogP contribution in [0.15, 0.2) is 17.5 Å². The molecule has 0 radical (unpaired) electrons. The minimum Gasteiger partial charge on any atom is -0.159 e. The summed E-state index contributed by atoms with van der Waals surface area (Å²) in [5.74, 6) is 1.30. The maximum absolute atomic E-state index is 2.26. The van der Waals surface area contributed by atoms with E-state index in [0.717, 1.165) is 5.25 Å². The van der Waals surface area contributed by atoms with Gasteiger partial charge in [0.25, 0.3) is 0 Å². The van der Waals surface area contributed by atoms with Gasteiger partial charge >= 0.3 is 0 Å². The van der Waals surface area contributed by atoms with Gasteiger partial charge in [-0.2, -0.15) is 11.8 Å². The highest BCUT2D eigenvalue weighted by atomic mass is 32.2. The Morgan fingerprint density at radius 3 is 2.92 bits per heavy atom. The van der Waals surface area contributed by atoms with Crippen molar-refractivity contribution >= 4 is 23.1 Å². The first-order valence-corrected chi connectivity index (χ1v) is 6.36. The van der Waals surface area contributed by atoms with E-state index in [1.54, 1.807) is 0 Å². The van der Waals surface area contributed by atoms with E-state index < -0.39 is 0 Å². The first-order chi connectivity index (χ1) is 5.79. The van der Waals surface area contributed by atoms with Crippen LogP contribution in [-0.4, -0.2) is 11.0 Å². The summed E-state index contributed by atoms with van der Waals surface area (Å²) in [6, 6.07) is 4.36. The first-order valence-electron chi connectivity index (χ1n) is 4.43. The molecule has 0 spiro atoms. The molecule has 2 heteroatoms. The minimum absolute atomic E-state index is 0.785. The van der Waals surface area contributed by atoms with Crippen LogP contribution in [0.5, 0.6) is 0 Å². The zero-order chi connectivity index (χ0) is 8.81. The molecule has 68 valence electrons. The molecule has 1 heterocycles. The average Bonchev–Trinajstić information content (AvgIpc) is 2.49.